The van der Waals surface area contributed by atoms with Crippen molar-refractivity contribution in [1.82, 2.24) is 20.1 Å². The molecule has 1 heterocycles. The number of carboxylic acids is 1. The van der Waals surface area contributed by atoms with E-state index in [2.05, 4.69) is 15.5 Å². The second kappa shape index (κ2) is 6.25. The molecule has 1 aromatic rings. The molecule has 7 nitrogen and oxygen atoms in total. The Morgan fingerprint density at radius 2 is 2.26 bits per heavy atom. The molecule has 0 saturated heterocycles. The fourth-order valence-electron chi connectivity index (χ4n) is 1.63. The summed E-state index contributed by atoms with van der Waals surface area (Å²) in [5, 5.41) is 19.0. The van der Waals surface area contributed by atoms with Crippen molar-refractivity contribution in [3.05, 3.63) is 10.5 Å². The summed E-state index contributed by atoms with van der Waals surface area (Å²) in [6.07, 6.45) is 0. The number of thioether (sulfide) groups is 1. The van der Waals surface area contributed by atoms with Crippen LogP contribution in [0.3, 0.4) is 0 Å². The van der Waals surface area contributed by atoms with Gasteiger partial charge in [0.25, 0.3) is 0 Å². The van der Waals surface area contributed by atoms with Crippen LogP contribution in [0.4, 0.5) is 0 Å². The average Bonchev–Trinajstić information content (AvgIpc) is 2.68. The monoisotopic (exact) mass is 288 g/mol. The minimum atomic E-state index is -1.05. The minimum absolute atomic E-state index is 0.0241. The molecule has 1 unspecified atom stereocenters. The molecule has 0 aliphatic heterocycles. The maximum Gasteiger partial charge on any atom is 0.344 e. The number of carboxylic acid groups (broad SMARTS) is 1. The van der Waals surface area contributed by atoms with Gasteiger partial charge in [-0.3, -0.25) is 9.36 Å². The lowest BCUT2D eigenvalue weighted by atomic mass is 10.1. The van der Waals surface area contributed by atoms with Gasteiger partial charge in [-0.15, -0.1) is 5.10 Å². The molecule has 8 heteroatoms. The van der Waals surface area contributed by atoms with Crippen molar-refractivity contribution in [1.29, 1.82) is 0 Å². The van der Waals surface area contributed by atoms with E-state index in [0.29, 0.717) is 11.7 Å². The molecule has 0 aliphatic rings. The van der Waals surface area contributed by atoms with Crippen molar-refractivity contribution < 1.29 is 9.90 Å². The van der Waals surface area contributed by atoms with Crippen molar-refractivity contribution in [3.63, 3.8) is 0 Å². The lowest BCUT2D eigenvalue weighted by Gasteiger charge is -2.25. The van der Waals surface area contributed by atoms with Gasteiger partial charge in [0.1, 0.15) is 5.54 Å². The molecule has 1 rings (SSSR count). The van der Waals surface area contributed by atoms with Crippen LogP contribution in [-0.2, 0) is 4.79 Å². The molecule has 3 N–H and O–H groups in total. The highest BCUT2D eigenvalue weighted by molar-refractivity contribution is 7.99. The number of likely N-dealkylation sites (N-methyl/N-ethyl adjacent to an activating group) is 1. The maximum atomic E-state index is 11.6. The van der Waals surface area contributed by atoms with Crippen molar-refractivity contribution in [2.75, 3.05) is 12.3 Å². The number of aromatic amines is 1. The number of hydrogen-bond donors (Lipinski definition) is 3. The third-order valence-electron chi connectivity index (χ3n) is 2.72. The van der Waals surface area contributed by atoms with Gasteiger partial charge in [-0.05, 0) is 27.3 Å². The van der Waals surface area contributed by atoms with Crippen LogP contribution in [0, 0.1) is 0 Å². The second-order valence-corrected chi connectivity index (χ2v) is 5.67. The lowest BCUT2D eigenvalue weighted by Crippen LogP contribution is -2.51. The van der Waals surface area contributed by atoms with Crippen LogP contribution in [-0.4, -0.2) is 43.7 Å². The summed E-state index contributed by atoms with van der Waals surface area (Å²) in [5.74, 6) is -0.636. The lowest BCUT2D eigenvalue weighted by molar-refractivity contribution is -0.143. The van der Waals surface area contributed by atoms with Crippen LogP contribution in [0.1, 0.15) is 33.7 Å². The number of carbonyl (C=O) groups is 1. The summed E-state index contributed by atoms with van der Waals surface area (Å²) in [6.45, 7) is 7.78. The quantitative estimate of drug-likeness (QED) is 0.639. The van der Waals surface area contributed by atoms with Gasteiger partial charge in [0.05, 0.1) is 0 Å². The molecule has 0 aliphatic carbocycles. The van der Waals surface area contributed by atoms with Gasteiger partial charge in [-0.2, -0.15) is 0 Å². The Morgan fingerprint density at radius 3 is 2.74 bits per heavy atom. The highest BCUT2D eigenvalue weighted by Crippen LogP contribution is 2.22. The minimum Gasteiger partial charge on any atom is -0.480 e. The van der Waals surface area contributed by atoms with Crippen LogP contribution in [0.2, 0.25) is 0 Å². The first-order chi connectivity index (χ1) is 8.81. The first-order valence-electron chi connectivity index (χ1n) is 6.10. The third kappa shape index (κ3) is 3.60. The van der Waals surface area contributed by atoms with Crippen molar-refractivity contribution in [3.8, 4) is 0 Å². The Labute approximate surface area is 115 Å². The molecule has 1 aromatic heterocycles. The predicted molar refractivity (Wildman–Crippen MR) is 73.7 cm³/mol. The summed E-state index contributed by atoms with van der Waals surface area (Å²) in [5.41, 5.74) is -1.33. The van der Waals surface area contributed by atoms with Crippen LogP contribution in [0.25, 0.3) is 0 Å². The van der Waals surface area contributed by atoms with Crippen molar-refractivity contribution in [2.24, 2.45) is 0 Å². The zero-order valence-corrected chi connectivity index (χ0v) is 12.4. The van der Waals surface area contributed by atoms with Crippen LogP contribution in [0.15, 0.2) is 9.95 Å². The molecule has 0 bridgehead atoms. The first-order valence-corrected chi connectivity index (χ1v) is 7.08. The normalized spacial score (nSPS) is 14.6. The van der Waals surface area contributed by atoms with E-state index in [4.69, 9.17) is 0 Å². The molecule has 0 aromatic carbocycles. The zero-order chi connectivity index (χ0) is 14.6. The fourth-order valence-corrected chi connectivity index (χ4v) is 2.82. The number of nitrogens with one attached hydrogen (secondary N) is 2. The summed E-state index contributed by atoms with van der Waals surface area (Å²) in [6, 6.07) is -0.0241. The van der Waals surface area contributed by atoms with E-state index in [1.54, 1.807) is 6.92 Å². The van der Waals surface area contributed by atoms with Crippen molar-refractivity contribution in [2.45, 2.75) is 44.4 Å². The number of hydrogen-bond acceptors (Lipinski definition) is 5. The Hall–Kier alpha value is -1.28. The molecule has 0 fully saturated rings. The zero-order valence-electron chi connectivity index (χ0n) is 11.6. The van der Waals surface area contributed by atoms with E-state index in [1.165, 1.54) is 16.3 Å². The fraction of sp³-hybridized carbons (Fsp3) is 0.727. The van der Waals surface area contributed by atoms with Gasteiger partial charge < -0.3 is 10.4 Å². The second-order valence-electron chi connectivity index (χ2n) is 4.73. The first kappa shape index (κ1) is 15.8. The van der Waals surface area contributed by atoms with Gasteiger partial charge in [-0.1, -0.05) is 18.7 Å². The average molecular weight is 288 g/mol. The summed E-state index contributed by atoms with van der Waals surface area (Å²) in [7, 11) is 0. The highest BCUT2D eigenvalue weighted by atomic mass is 32.2. The largest absolute Gasteiger partial charge is 0.480 e. The molecule has 0 amide bonds. The number of rotatable bonds is 7. The molecule has 0 spiro atoms. The molecule has 0 radical (unpaired) electrons. The van der Waals surface area contributed by atoms with Gasteiger partial charge in [0.2, 0.25) is 0 Å². The Bertz CT molecular complexity index is 496. The highest BCUT2D eigenvalue weighted by Gasteiger charge is 2.33. The van der Waals surface area contributed by atoms with Crippen LogP contribution in [0.5, 0.6) is 0 Å². The number of nitrogens with zero attached hydrogens (tertiary/aromatic N) is 2. The molecular formula is C11H20N4O3S. The number of aromatic nitrogens is 3. The van der Waals surface area contributed by atoms with Crippen LogP contribution >= 0.6 is 11.8 Å². The molecule has 19 heavy (non-hydrogen) atoms. The standard InChI is InChI=1S/C11H20N4O3S/c1-5-12-11(4,8(16)17)6-19-10-14-13-9(18)15(10)7(2)3/h7,12H,5-6H2,1-4H3,(H,13,18)(H,16,17). The SMILES string of the molecule is CCNC(C)(CSc1n[nH]c(=O)n1C(C)C)C(=O)O. The number of H-pyrrole nitrogens is 1. The Kier molecular flexibility index (Phi) is 5.19. The third-order valence-corrected chi connectivity index (χ3v) is 3.99. The van der Waals surface area contributed by atoms with Gasteiger partial charge in [-0.25, -0.2) is 9.89 Å². The van der Waals surface area contributed by atoms with E-state index in [1.807, 2.05) is 20.8 Å². The van der Waals surface area contributed by atoms with Crippen LogP contribution < -0.4 is 11.0 Å². The van der Waals surface area contributed by atoms with Gasteiger partial charge in [0, 0.05) is 11.8 Å². The van der Waals surface area contributed by atoms with E-state index < -0.39 is 11.5 Å². The molecule has 0 saturated carbocycles. The molecule has 1 atom stereocenters. The van der Waals surface area contributed by atoms with E-state index in [-0.39, 0.29) is 17.5 Å². The van der Waals surface area contributed by atoms with E-state index >= 15 is 0 Å². The van der Waals surface area contributed by atoms with Crippen molar-refractivity contribution >= 4 is 17.7 Å². The smallest absolute Gasteiger partial charge is 0.344 e. The maximum absolute atomic E-state index is 11.6. The van der Waals surface area contributed by atoms with E-state index in [9.17, 15) is 14.7 Å². The summed E-state index contributed by atoms with van der Waals surface area (Å²) < 4.78 is 1.51. The summed E-state index contributed by atoms with van der Waals surface area (Å²) in [4.78, 5) is 22.8. The number of aliphatic carboxylic acids is 1. The Morgan fingerprint density at radius 1 is 1.63 bits per heavy atom. The predicted octanol–water partition coefficient (Wildman–Crippen LogP) is 0.697. The Balaban J connectivity index is 2.86. The van der Waals surface area contributed by atoms with E-state index in [0.717, 1.165) is 0 Å². The van der Waals surface area contributed by atoms with Gasteiger partial charge in [0.15, 0.2) is 5.16 Å². The summed E-state index contributed by atoms with van der Waals surface area (Å²) >= 11 is 1.25. The molecule has 108 valence electrons. The van der Waals surface area contributed by atoms with Gasteiger partial charge >= 0.3 is 11.7 Å². The topological polar surface area (TPSA) is 100 Å². The molecular weight excluding hydrogens is 268 g/mol.